The second kappa shape index (κ2) is 7.63. The van der Waals surface area contributed by atoms with Gasteiger partial charge in [0.05, 0.1) is 26.7 Å². The molecule has 2 aromatic carbocycles. The van der Waals surface area contributed by atoms with E-state index in [4.69, 9.17) is 9.47 Å². The van der Waals surface area contributed by atoms with Crippen molar-refractivity contribution >= 4 is 23.7 Å². The molecule has 0 spiro atoms. The number of amides is 2. The number of benzene rings is 2. The van der Waals surface area contributed by atoms with Crippen LogP contribution in [0.5, 0.6) is 11.5 Å². The van der Waals surface area contributed by atoms with E-state index in [0.29, 0.717) is 17.1 Å². The van der Waals surface area contributed by atoms with Gasteiger partial charge in [-0.1, -0.05) is 30.3 Å². The monoisotopic (exact) mass is 393 g/mol. The molecule has 0 bridgehead atoms. The number of carbonyl (C=O) groups is 2. The van der Waals surface area contributed by atoms with Crippen molar-refractivity contribution in [2.24, 2.45) is 0 Å². The third-order valence-corrected chi connectivity index (χ3v) is 4.58. The Balaban J connectivity index is 1.62. The van der Waals surface area contributed by atoms with Crippen molar-refractivity contribution in [3.63, 3.8) is 0 Å². The van der Waals surface area contributed by atoms with Gasteiger partial charge in [-0.15, -0.1) is 5.10 Å². The zero-order chi connectivity index (χ0) is 20.4. The van der Waals surface area contributed by atoms with E-state index in [-0.39, 0.29) is 30.3 Å². The average molecular weight is 393 g/mol. The molecule has 0 aliphatic carbocycles. The van der Waals surface area contributed by atoms with E-state index in [1.54, 1.807) is 22.9 Å². The molecule has 0 radical (unpaired) electrons. The minimum atomic E-state index is -0.423. The summed E-state index contributed by atoms with van der Waals surface area (Å²) in [7, 11) is 3.02. The van der Waals surface area contributed by atoms with Crippen LogP contribution in [0.25, 0.3) is 0 Å². The Labute approximate surface area is 166 Å². The van der Waals surface area contributed by atoms with E-state index in [0.717, 1.165) is 5.56 Å². The maximum atomic E-state index is 12.7. The van der Waals surface area contributed by atoms with Crippen LogP contribution in [-0.2, 0) is 4.79 Å². The number of methoxy groups -OCH3 is 2. The number of rotatable bonds is 5. The van der Waals surface area contributed by atoms with Crippen molar-refractivity contribution in [2.75, 3.05) is 24.9 Å². The van der Waals surface area contributed by atoms with Gasteiger partial charge in [-0.25, -0.2) is 4.68 Å². The average Bonchev–Trinajstić information content (AvgIpc) is 3.15. The topological polar surface area (TPSA) is 107 Å². The number of ether oxygens (including phenoxy) is 2. The highest BCUT2D eigenvalue weighted by molar-refractivity contribution is 6.04. The minimum absolute atomic E-state index is 0.0925. The highest BCUT2D eigenvalue weighted by Crippen LogP contribution is 2.30. The van der Waals surface area contributed by atoms with Gasteiger partial charge < -0.3 is 9.47 Å². The second-order valence-corrected chi connectivity index (χ2v) is 6.44. The number of fused-ring (bicyclic) bond motifs is 1. The number of aromatic nitrogens is 3. The van der Waals surface area contributed by atoms with E-state index < -0.39 is 5.91 Å². The zero-order valence-corrected chi connectivity index (χ0v) is 15.9. The maximum absolute atomic E-state index is 12.7. The molecule has 1 aliphatic heterocycles. The van der Waals surface area contributed by atoms with Gasteiger partial charge in [0, 0.05) is 11.6 Å². The highest BCUT2D eigenvalue weighted by Gasteiger charge is 2.29. The van der Waals surface area contributed by atoms with Gasteiger partial charge in [-0.3, -0.25) is 20.2 Å². The molecule has 9 nitrogen and oxygen atoms in total. The first kappa shape index (κ1) is 18.5. The van der Waals surface area contributed by atoms with Crippen LogP contribution in [-0.4, -0.2) is 40.8 Å². The van der Waals surface area contributed by atoms with Crippen LogP contribution in [0.3, 0.4) is 0 Å². The van der Waals surface area contributed by atoms with Crippen LogP contribution in [0.1, 0.15) is 28.4 Å². The van der Waals surface area contributed by atoms with Crippen LogP contribution in [0.2, 0.25) is 0 Å². The summed E-state index contributed by atoms with van der Waals surface area (Å²) < 4.78 is 12.0. The Morgan fingerprint density at radius 1 is 1.14 bits per heavy atom. The number of hydrogen-bond acceptors (Lipinski definition) is 6. The van der Waals surface area contributed by atoms with Crippen molar-refractivity contribution < 1.29 is 19.1 Å². The molecule has 3 aromatic rings. The van der Waals surface area contributed by atoms with Gasteiger partial charge in [0.25, 0.3) is 11.9 Å². The van der Waals surface area contributed by atoms with Gasteiger partial charge in [-0.2, -0.15) is 4.98 Å². The summed E-state index contributed by atoms with van der Waals surface area (Å²) >= 11 is 0. The molecule has 4 rings (SSSR count). The lowest BCUT2D eigenvalue weighted by Crippen LogP contribution is -2.29. The first-order valence-corrected chi connectivity index (χ1v) is 8.93. The zero-order valence-electron chi connectivity index (χ0n) is 15.9. The number of nitrogens with one attached hydrogen (secondary N) is 2. The molecule has 1 aliphatic rings. The third-order valence-electron chi connectivity index (χ3n) is 4.58. The summed E-state index contributed by atoms with van der Waals surface area (Å²) in [6, 6.07) is 14.1. The van der Waals surface area contributed by atoms with Crippen molar-refractivity contribution in [1.29, 1.82) is 0 Å². The fourth-order valence-electron chi connectivity index (χ4n) is 3.16. The summed E-state index contributed by atoms with van der Waals surface area (Å²) in [5.41, 5.74) is 1.27. The Morgan fingerprint density at radius 3 is 2.48 bits per heavy atom. The van der Waals surface area contributed by atoms with Gasteiger partial charge in [0.1, 0.15) is 11.5 Å². The third kappa shape index (κ3) is 3.75. The molecular weight excluding hydrogens is 374 g/mol. The largest absolute Gasteiger partial charge is 0.497 e. The molecule has 2 heterocycles. The van der Waals surface area contributed by atoms with Crippen LogP contribution in [0.4, 0.5) is 11.9 Å². The van der Waals surface area contributed by atoms with Gasteiger partial charge in [-0.05, 0) is 17.7 Å². The van der Waals surface area contributed by atoms with Gasteiger partial charge in [0.15, 0.2) is 0 Å². The van der Waals surface area contributed by atoms with Crippen molar-refractivity contribution in [2.45, 2.75) is 12.5 Å². The van der Waals surface area contributed by atoms with Crippen molar-refractivity contribution in [3.05, 3.63) is 59.7 Å². The smallest absolute Gasteiger partial charge is 0.258 e. The molecule has 29 heavy (non-hydrogen) atoms. The minimum Gasteiger partial charge on any atom is -0.497 e. The van der Waals surface area contributed by atoms with E-state index in [1.807, 2.05) is 30.3 Å². The standard InChI is InChI=1S/C20H19N5O4/c1-28-14-8-13(9-15(10-14)29-2)18(27)22-19-23-20-21-17(26)11-16(25(20)24-19)12-6-4-3-5-7-12/h3-10,16H,11H2,1-2H3,(H2,21,22,23,24,26,27). The van der Waals surface area contributed by atoms with Crippen molar-refractivity contribution in [1.82, 2.24) is 14.8 Å². The lowest BCUT2D eigenvalue weighted by atomic mass is 10.0. The van der Waals surface area contributed by atoms with Gasteiger partial charge in [0.2, 0.25) is 11.9 Å². The summed E-state index contributed by atoms with van der Waals surface area (Å²) in [5.74, 6) is 0.774. The molecule has 9 heteroatoms. The summed E-state index contributed by atoms with van der Waals surface area (Å²) in [5, 5.41) is 9.74. The van der Waals surface area contributed by atoms with E-state index in [1.165, 1.54) is 14.2 Å². The predicted octanol–water partition coefficient (Wildman–Crippen LogP) is 2.48. The second-order valence-electron chi connectivity index (χ2n) is 6.44. The maximum Gasteiger partial charge on any atom is 0.258 e. The predicted molar refractivity (Wildman–Crippen MR) is 105 cm³/mol. The fourth-order valence-corrected chi connectivity index (χ4v) is 3.16. The Bertz CT molecular complexity index is 1040. The summed E-state index contributed by atoms with van der Waals surface area (Å²) in [4.78, 5) is 29.0. The summed E-state index contributed by atoms with van der Waals surface area (Å²) in [6.07, 6.45) is 0.237. The number of carbonyl (C=O) groups excluding carboxylic acids is 2. The highest BCUT2D eigenvalue weighted by atomic mass is 16.5. The molecule has 2 N–H and O–H groups in total. The molecule has 148 valence electrons. The Kier molecular flexibility index (Phi) is 4.86. The van der Waals surface area contributed by atoms with E-state index in [9.17, 15) is 9.59 Å². The molecule has 0 saturated heterocycles. The quantitative estimate of drug-likeness (QED) is 0.690. The van der Waals surface area contributed by atoms with Gasteiger partial charge >= 0.3 is 0 Å². The van der Waals surface area contributed by atoms with E-state index in [2.05, 4.69) is 20.7 Å². The van der Waals surface area contributed by atoms with Crippen LogP contribution < -0.4 is 20.1 Å². The lowest BCUT2D eigenvalue weighted by molar-refractivity contribution is -0.117. The van der Waals surface area contributed by atoms with Crippen LogP contribution in [0, 0.1) is 0 Å². The molecule has 2 amide bonds. The number of hydrogen-bond donors (Lipinski definition) is 2. The van der Waals surface area contributed by atoms with Crippen molar-refractivity contribution in [3.8, 4) is 11.5 Å². The first-order valence-electron chi connectivity index (χ1n) is 8.93. The Hall–Kier alpha value is -3.88. The molecule has 0 fully saturated rings. The molecular formula is C20H19N5O4. The SMILES string of the molecule is COc1cc(OC)cc(C(=O)Nc2nc3n(n2)C(c2ccccc2)CC(=O)N3)c1. The summed E-state index contributed by atoms with van der Waals surface area (Å²) in [6.45, 7) is 0. The molecule has 1 aromatic heterocycles. The normalized spacial score (nSPS) is 15.2. The molecule has 1 atom stereocenters. The fraction of sp³-hybridized carbons (Fsp3) is 0.200. The first-order chi connectivity index (χ1) is 14.1. The van der Waals surface area contributed by atoms with E-state index >= 15 is 0 Å². The molecule has 0 saturated carbocycles. The molecule has 1 unspecified atom stereocenters. The van der Waals surface area contributed by atoms with Crippen LogP contribution in [0.15, 0.2) is 48.5 Å². The lowest BCUT2D eigenvalue weighted by Gasteiger charge is -2.23. The van der Waals surface area contributed by atoms with Crippen LogP contribution >= 0.6 is 0 Å². The Morgan fingerprint density at radius 2 is 1.83 bits per heavy atom. The number of nitrogens with zero attached hydrogens (tertiary/aromatic N) is 3. The number of anilines is 2.